The number of ether oxygens (including phenoxy) is 1. The van der Waals surface area contributed by atoms with Gasteiger partial charge in [-0.05, 0) is 50.7 Å². The summed E-state index contributed by atoms with van der Waals surface area (Å²) in [5.41, 5.74) is 0. The van der Waals surface area contributed by atoms with Crippen LogP contribution in [0.4, 0.5) is 0 Å². The van der Waals surface area contributed by atoms with Gasteiger partial charge in [0.25, 0.3) is 0 Å². The quantitative estimate of drug-likeness (QED) is 0.661. The van der Waals surface area contributed by atoms with E-state index in [0.29, 0.717) is 12.1 Å². The molecule has 1 aliphatic rings. The molecule has 0 saturated heterocycles. The summed E-state index contributed by atoms with van der Waals surface area (Å²) in [4.78, 5) is 0. The number of methoxy groups -OCH3 is 1. The van der Waals surface area contributed by atoms with Crippen LogP contribution < -0.4 is 5.32 Å². The molecule has 0 radical (unpaired) electrons. The van der Waals surface area contributed by atoms with Crippen molar-refractivity contribution < 1.29 is 4.74 Å². The molecule has 1 aliphatic carbocycles. The first kappa shape index (κ1) is 12.3. The Hall–Kier alpha value is 0.270. The molecule has 3 heteroatoms. The van der Waals surface area contributed by atoms with Gasteiger partial charge in [-0.1, -0.05) is 0 Å². The van der Waals surface area contributed by atoms with E-state index in [9.17, 15) is 0 Å². The Morgan fingerprint density at radius 2 is 2.21 bits per heavy atom. The predicted molar refractivity (Wildman–Crippen MR) is 64.1 cm³/mol. The van der Waals surface area contributed by atoms with E-state index in [2.05, 4.69) is 11.6 Å². The van der Waals surface area contributed by atoms with Crippen molar-refractivity contribution in [3.8, 4) is 0 Å². The molecule has 0 bridgehead atoms. The Kier molecular flexibility index (Phi) is 6.65. The van der Waals surface area contributed by atoms with Crippen LogP contribution in [-0.4, -0.2) is 37.8 Å². The minimum atomic E-state index is 0.513. The average molecular weight is 217 g/mol. The molecule has 0 spiro atoms. The van der Waals surface area contributed by atoms with Crippen molar-refractivity contribution in [3.63, 3.8) is 0 Å². The highest BCUT2D eigenvalue weighted by molar-refractivity contribution is 7.98. The molecule has 0 heterocycles. The minimum Gasteiger partial charge on any atom is -0.381 e. The lowest BCUT2D eigenvalue weighted by molar-refractivity contribution is 0.107. The van der Waals surface area contributed by atoms with Crippen LogP contribution in [0.15, 0.2) is 0 Å². The highest BCUT2D eigenvalue weighted by Gasteiger charge is 2.23. The zero-order valence-corrected chi connectivity index (χ0v) is 10.2. The summed E-state index contributed by atoms with van der Waals surface area (Å²) in [5, 5.41) is 3.62. The van der Waals surface area contributed by atoms with Crippen LogP contribution in [0.25, 0.3) is 0 Å². The van der Waals surface area contributed by atoms with Crippen molar-refractivity contribution >= 4 is 11.8 Å². The number of thioether (sulfide) groups is 1. The van der Waals surface area contributed by atoms with E-state index < -0.39 is 0 Å². The summed E-state index contributed by atoms with van der Waals surface area (Å²) in [6.07, 6.45) is 9.08. The van der Waals surface area contributed by atoms with Gasteiger partial charge in [-0.2, -0.15) is 11.8 Å². The van der Waals surface area contributed by atoms with Crippen molar-refractivity contribution in [1.29, 1.82) is 0 Å². The predicted octanol–water partition coefficient (Wildman–Crippen LogP) is 2.29. The summed E-state index contributed by atoms with van der Waals surface area (Å²) < 4.78 is 5.34. The van der Waals surface area contributed by atoms with Gasteiger partial charge in [-0.15, -0.1) is 0 Å². The van der Waals surface area contributed by atoms with Gasteiger partial charge in [0.15, 0.2) is 0 Å². The van der Waals surface area contributed by atoms with E-state index >= 15 is 0 Å². The van der Waals surface area contributed by atoms with Crippen LogP contribution in [0.1, 0.15) is 32.1 Å². The molecule has 1 fully saturated rings. The van der Waals surface area contributed by atoms with Gasteiger partial charge in [0.05, 0.1) is 6.10 Å². The summed E-state index contributed by atoms with van der Waals surface area (Å²) in [6, 6.07) is 0.717. The number of rotatable bonds is 7. The van der Waals surface area contributed by atoms with Crippen LogP contribution in [0.2, 0.25) is 0 Å². The molecular weight excluding hydrogens is 194 g/mol. The van der Waals surface area contributed by atoms with Gasteiger partial charge >= 0.3 is 0 Å². The molecule has 14 heavy (non-hydrogen) atoms. The van der Waals surface area contributed by atoms with Crippen molar-refractivity contribution in [2.45, 2.75) is 44.2 Å². The second kappa shape index (κ2) is 7.55. The second-order valence-electron chi connectivity index (χ2n) is 4.02. The molecule has 0 aromatic rings. The lowest BCUT2D eigenvalue weighted by Crippen LogP contribution is -2.28. The van der Waals surface area contributed by atoms with E-state index in [0.717, 1.165) is 0 Å². The summed E-state index contributed by atoms with van der Waals surface area (Å²) in [7, 11) is 1.82. The first-order valence-electron chi connectivity index (χ1n) is 5.62. The van der Waals surface area contributed by atoms with Crippen LogP contribution in [0, 0.1) is 0 Å². The first-order valence-corrected chi connectivity index (χ1v) is 7.01. The Labute approximate surface area is 92.2 Å². The zero-order valence-electron chi connectivity index (χ0n) is 9.42. The van der Waals surface area contributed by atoms with E-state index in [1.807, 2.05) is 18.9 Å². The van der Waals surface area contributed by atoms with Crippen molar-refractivity contribution in [2.24, 2.45) is 0 Å². The van der Waals surface area contributed by atoms with Gasteiger partial charge in [0.1, 0.15) is 0 Å². The molecule has 1 N–H and O–H groups in total. The van der Waals surface area contributed by atoms with E-state index in [-0.39, 0.29) is 0 Å². The van der Waals surface area contributed by atoms with Crippen LogP contribution >= 0.6 is 11.8 Å². The van der Waals surface area contributed by atoms with Crippen molar-refractivity contribution in [2.75, 3.05) is 25.7 Å². The largest absolute Gasteiger partial charge is 0.381 e. The highest BCUT2D eigenvalue weighted by Crippen LogP contribution is 2.21. The maximum atomic E-state index is 5.34. The minimum absolute atomic E-state index is 0.513. The normalized spacial score (nSPS) is 27.0. The molecular formula is C11H23NOS. The fourth-order valence-corrected chi connectivity index (χ4v) is 2.51. The van der Waals surface area contributed by atoms with Crippen LogP contribution in [0.3, 0.4) is 0 Å². The van der Waals surface area contributed by atoms with E-state index in [1.54, 1.807) is 0 Å². The fourth-order valence-electron chi connectivity index (χ4n) is 2.02. The van der Waals surface area contributed by atoms with Crippen LogP contribution in [0.5, 0.6) is 0 Å². The molecule has 0 amide bonds. The van der Waals surface area contributed by atoms with Crippen molar-refractivity contribution in [1.82, 2.24) is 5.32 Å². The first-order chi connectivity index (χ1) is 6.86. The van der Waals surface area contributed by atoms with E-state index in [1.165, 1.54) is 44.4 Å². The Balaban J connectivity index is 1.92. The lowest BCUT2D eigenvalue weighted by Gasteiger charge is -2.12. The smallest absolute Gasteiger partial charge is 0.0586 e. The van der Waals surface area contributed by atoms with Gasteiger partial charge in [0, 0.05) is 13.2 Å². The van der Waals surface area contributed by atoms with Gasteiger partial charge < -0.3 is 10.1 Å². The molecule has 1 rings (SSSR count). The molecule has 0 aromatic carbocycles. The number of hydrogen-bond acceptors (Lipinski definition) is 3. The standard InChI is InChI=1S/C11H23NOS/c1-13-11-6-5-10(9-11)12-7-3-4-8-14-2/h10-12H,3-9H2,1-2H3. The fraction of sp³-hybridized carbons (Fsp3) is 1.00. The monoisotopic (exact) mass is 217 g/mol. The van der Waals surface area contributed by atoms with Crippen LogP contribution in [-0.2, 0) is 4.74 Å². The van der Waals surface area contributed by atoms with Gasteiger partial charge in [0.2, 0.25) is 0 Å². The zero-order chi connectivity index (χ0) is 10.2. The third kappa shape index (κ3) is 4.67. The summed E-state index contributed by atoms with van der Waals surface area (Å²) in [5.74, 6) is 1.30. The molecule has 84 valence electrons. The molecule has 2 nitrogen and oxygen atoms in total. The van der Waals surface area contributed by atoms with Gasteiger partial charge in [-0.3, -0.25) is 0 Å². The Morgan fingerprint density at radius 3 is 2.86 bits per heavy atom. The molecule has 2 atom stereocenters. The second-order valence-corrected chi connectivity index (χ2v) is 5.01. The third-order valence-electron chi connectivity index (χ3n) is 2.93. The maximum absolute atomic E-state index is 5.34. The Morgan fingerprint density at radius 1 is 1.36 bits per heavy atom. The third-order valence-corrected chi connectivity index (χ3v) is 3.62. The maximum Gasteiger partial charge on any atom is 0.0586 e. The number of unbranched alkanes of at least 4 members (excludes halogenated alkanes) is 1. The number of nitrogens with one attached hydrogen (secondary N) is 1. The number of hydrogen-bond donors (Lipinski definition) is 1. The molecule has 1 saturated carbocycles. The molecule has 2 unspecified atom stereocenters. The molecule has 0 aliphatic heterocycles. The summed E-state index contributed by atoms with van der Waals surface area (Å²) in [6.45, 7) is 1.18. The van der Waals surface area contributed by atoms with Crippen molar-refractivity contribution in [3.05, 3.63) is 0 Å². The summed E-state index contributed by atoms with van der Waals surface area (Å²) >= 11 is 1.94. The lowest BCUT2D eigenvalue weighted by atomic mass is 10.2. The molecule has 0 aromatic heterocycles. The highest BCUT2D eigenvalue weighted by atomic mass is 32.2. The average Bonchev–Trinajstić information content (AvgIpc) is 2.65. The topological polar surface area (TPSA) is 21.3 Å². The van der Waals surface area contributed by atoms with E-state index in [4.69, 9.17) is 4.74 Å². The Bertz CT molecular complexity index is 143. The SMILES string of the molecule is COC1CCC(NCCCCSC)C1. The van der Waals surface area contributed by atoms with Gasteiger partial charge in [-0.25, -0.2) is 0 Å².